The van der Waals surface area contributed by atoms with Crippen LogP contribution >= 0.6 is 0 Å². The summed E-state index contributed by atoms with van der Waals surface area (Å²) in [5.74, 6) is -1.35. The summed E-state index contributed by atoms with van der Waals surface area (Å²) in [5, 5.41) is 11.8. The Balaban J connectivity index is 1.31. The lowest BCUT2D eigenvalue weighted by molar-refractivity contribution is -0.150. The molecule has 0 bridgehead atoms. The Morgan fingerprint density at radius 3 is 2.12 bits per heavy atom. The number of carboxylic acid groups (broad SMARTS) is 1. The number of rotatable bonds is 7. The molecule has 1 fully saturated rings. The average molecular weight is 451 g/mol. The number of amides is 2. The van der Waals surface area contributed by atoms with Crippen LogP contribution in [0.3, 0.4) is 0 Å². The molecule has 2 N–H and O–H groups in total. The summed E-state index contributed by atoms with van der Waals surface area (Å²) in [6.07, 6.45) is 0.476. The van der Waals surface area contributed by atoms with Gasteiger partial charge in [0.15, 0.2) is 0 Å². The van der Waals surface area contributed by atoms with Crippen molar-refractivity contribution in [3.8, 4) is 11.1 Å². The maximum atomic E-state index is 12.7. The lowest BCUT2D eigenvalue weighted by Crippen LogP contribution is -2.52. The van der Waals surface area contributed by atoms with E-state index in [0.29, 0.717) is 12.8 Å². The molecule has 0 aromatic heterocycles. The van der Waals surface area contributed by atoms with Gasteiger partial charge in [0, 0.05) is 31.0 Å². The Morgan fingerprint density at radius 2 is 1.58 bits per heavy atom. The zero-order valence-corrected chi connectivity index (χ0v) is 19.2. The number of alkyl carbamates (subject to hydrolysis) is 1. The van der Waals surface area contributed by atoms with E-state index in [1.807, 2.05) is 24.3 Å². The van der Waals surface area contributed by atoms with Crippen LogP contribution in [0.25, 0.3) is 11.1 Å². The maximum absolute atomic E-state index is 12.7. The fourth-order valence-electron chi connectivity index (χ4n) is 4.77. The van der Waals surface area contributed by atoms with Crippen molar-refractivity contribution < 1.29 is 24.2 Å². The van der Waals surface area contributed by atoms with Crippen molar-refractivity contribution in [2.24, 2.45) is 5.92 Å². The van der Waals surface area contributed by atoms with Crippen molar-refractivity contribution in [1.29, 1.82) is 0 Å². The molecule has 2 aliphatic rings. The number of carbonyl (C=O) groups excluding carboxylic acids is 2. The summed E-state index contributed by atoms with van der Waals surface area (Å²) >= 11 is 0. The summed E-state index contributed by atoms with van der Waals surface area (Å²) in [6.45, 7) is 3.77. The van der Waals surface area contributed by atoms with Crippen LogP contribution < -0.4 is 5.32 Å². The summed E-state index contributed by atoms with van der Waals surface area (Å²) < 4.78 is 5.60. The van der Waals surface area contributed by atoms with Crippen LogP contribution in [0.15, 0.2) is 48.5 Å². The van der Waals surface area contributed by atoms with Gasteiger partial charge < -0.3 is 20.1 Å². The van der Waals surface area contributed by atoms with Gasteiger partial charge in [0.2, 0.25) is 5.91 Å². The van der Waals surface area contributed by atoms with Gasteiger partial charge in [0.25, 0.3) is 0 Å². The second-order valence-electron chi connectivity index (χ2n) is 9.68. The van der Waals surface area contributed by atoms with Crippen LogP contribution in [0, 0.1) is 5.92 Å². The number of nitrogens with one attached hydrogen (secondary N) is 1. The second kappa shape index (κ2) is 8.89. The third-order valence-corrected chi connectivity index (χ3v) is 6.78. The minimum Gasteiger partial charge on any atom is -0.481 e. The molecule has 33 heavy (non-hydrogen) atoms. The molecule has 0 atom stereocenters. The number of carboxylic acids is 1. The molecule has 0 unspecified atom stereocenters. The number of benzene rings is 2. The molecule has 1 saturated carbocycles. The zero-order chi connectivity index (χ0) is 23.8. The molecule has 7 nitrogen and oxygen atoms in total. The molecule has 0 saturated heterocycles. The van der Waals surface area contributed by atoms with Crippen LogP contribution in [0.2, 0.25) is 0 Å². The van der Waals surface area contributed by atoms with Crippen molar-refractivity contribution >= 4 is 18.0 Å². The van der Waals surface area contributed by atoms with Crippen LogP contribution in [-0.4, -0.2) is 53.2 Å². The first-order valence-corrected chi connectivity index (χ1v) is 11.3. The third-order valence-electron chi connectivity index (χ3n) is 6.78. The van der Waals surface area contributed by atoms with Crippen molar-refractivity contribution in [3.63, 3.8) is 0 Å². The van der Waals surface area contributed by atoms with E-state index in [0.717, 1.165) is 22.3 Å². The molecule has 0 heterocycles. The first-order chi connectivity index (χ1) is 15.7. The molecule has 2 amide bonds. The number of hydrogen-bond acceptors (Lipinski definition) is 4. The molecule has 0 spiro atoms. The zero-order valence-electron chi connectivity index (χ0n) is 19.2. The molecule has 2 aliphatic carbocycles. The van der Waals surface area contributed by atoms with Gasteiger partial charge in [-0.25, -0.2) is 4.79 Å². The van der Waals surface area contributed by atoms with E-state index in [1.54, 1.807) is 25.8 Å². The summed E-state index contributed by atoms with van der Waals surface area (Å²) in [6, 6.07) is 16.2. The Hall–Kier alpha value is -3.35. The number of carbonyl (C=O) groups is 3. The van der Waals surface area contributed by atoms with Crippen molar-refractivity contribution in [2.45, 2.75) is 50.6 Å². The van der Waals surface area contributed by atoms with Gasteiger partial charge in [0.05, 0.1) is 5.92 Å². The van der Waals surface area contributed by atoms with E-state index in [1.165, 1.54) is 0 Å². The molecule has 7 heteroatoms. The highest BCUT2D eigenvalue weighted by Crippen LogP contribution is 2.44. The van der Waals surface area contributed by atoms with Crippen molar-refractivity contribution in [2.75, 3.05) is 13.7 Å². The fraction of sp³-hybridized carbons (Fsp3) is 0.423. The van der Waals surface area contributed by atoms with E-state index in [-0.39, 0.29) is 36.8 Å². The molecule has 4 rings (SSSR count). The monoisotopic (exact) mass is 450 g/mol. The molecule has 0 aliphatic heterocycles. The lowest BCUT2D eigenvalue weighted by atomic mass is 9.79. The van der Waals surface area contributed by atoms with Gasteiger partial charge in [-0.2, -0.15) is 0 Å². The Kier molecular flexibility index (Phi) is 6.15. The largest absolute Gasteiger partial charge is 0.481 e. The van der Waals surface area contributed by atoms with Crippen molar-refractivity contribution in [3.05, 3.63) is 59.7 Å². The lowest BCUT2D eigenvalue weighted by Gasteiger charge is -2.40. The van der Waals surface area contributed by atoms with E-state index in [4.69, 9.17) is 9.84 Å². The topological polar surface area (TPSA) is 95.9 Å². The van der Waals surface area contributed by atoms with E-state index in [2.05, 4.69) is 29.6 Å². The summed E-state index contributed by atoms with van der Waals surface area (Å²) in [5.41, 5.74) is 3.81. The van der Waals surface area contributed by atoms with Gasteiger partial charge in [-0.1, -0.05) is 48.5 Å². The van der Waals surface area contributed by atoms with E-state index >= 15 is 0 Å². The van der Waals surface area contributed by atoms with Gasteiger partial charge in [-0.15, -0.1) is 0 Å². The minimum atomic E-state index is -0.815. The van der Waals surface area contributed by atoms with Crippen LogP contribution in [0.1, 0.15) is 50.2 Å². The highest BCUT2D eigenvalue weighted by atomic mass is 16.5. The molecule has 174 valence electrons. The standard InChI is InChI=1S/C26H30N2O5/c1-26(2,14-23(29)28(3)17-12-16(13-17)24(30)31)27-25(32)33-15-22-20-10-6-4-8-18(20)19-9-5-7-11-21(19)22/h4-11,16-17,22H,12-15H2,1-3H3,(H,27,32)(H,30,31). The predicted molar refractivity (Wildman–Crippen MR) is 124 cm³/mol. The number of aliphatic carboxylic acids is 1. The SMILES string of the molecule is CN(C(=O)CC(C)(C)NC(=O)OCC1c2ccccc2-c2ccccc21)C1CC(C(=O)O)C1. The first-order valence-electron chi connectivity index (χ1n) is 11.3. The number of nitrogens with zero attached hydrogens (tertiary/aromatic N) is 1. The number of fused-ring (bicyclic) bond motifs is 3. The van der Waals surface area contributed by atoms with E-state index in [9.17, 15) is 14.4 Å². The highest BCUT2D eigenvalue weighted by molar-refractivity contribution is 5.80. The van der Waals surface area contributed by atoms with Gasteiger partial charge in [-0.05, 0) is 48.9 Å². The second-order valence-corrected chi connectivity index (χ2v) is 9.68. The minimum absolute atomic E-state index is 0.0279. The predicted octanol–water partition coefficient (Wildman–Crippen LogP) is 4.02. The normalized spacial score (nSPS) is 19.1. The van der Waals surface area contributed by atoms with Crippen LogP contribution in [0.5, 0.6) is 0 Å². The van der Waals surface area contributed by atoms with Gasteiger partial charge >= 0.3 is 12.1 Å². The Morgan fingerprint density at radius 1 is 1.03 bits per heavy atom. The Bertz CT molecular complexity index is 1030. The highest BCUT2D eigenvalue weighted by Gasteiger charge is 2.39. The molecular weight excluding hydrogens is 420 g/mol. The smallest absolute Gasteiger partial charge is 0.407 e. The third kappa shape index (κ3) is 4.72. The molecular formula is C26H30N2O5. The maximum Gasteiger partial charge on any atom is 0.407 e. The number of hydrogen-bond donors (Lipinski definition) is 2. The van der Waals surface area contributed by atoms with Gasteiger partial charge in [-0.3, -0.25) is 9.59 Å². The quantitative estimate of drug-likeness (QED) is 0.664. The van der Waals surface area contributed by atoms with Crippen molar-refractivity contribution in [1.82, 2.24) is 10.2 Å². The molecule has 2 aromatic rings. The summed E-state index contributed by atoms with van der Waals surface area (Å²) in [7, 11) is 1.69. The Labute approximate surface area is 193 Å². The fourth-order valence-corrected chi connectivity index (χ4v) is 4.77. The molecule has 2 aromatic carbocycles. The first kappa shape index (κ1) is 22.8. The average Bonchev–Trinajstić information content (AvgIpc) is 3.04. The molecule has 0 radical (unpaired) electrons. The van der Waals surface area contributed by atoms with Gasteiger partial charge in [0.1, 0.15) is 6.61 Å². The summed E-state index contributed by atoms with van der Waals surface area (Å²) in [4.78, 5) is 37.9. The number of ether oxygens (including phenoxy) is 1. The van der Waals surface area contributed by atoms with Crippen LogP contribution in [0.4, 0.5) is 4.79 Å². The van der Waals surface area contributed by atoms with E-state index < -0.39 is 17.6 Å². The van der Waals surface area contributed by atoms with Crippen LogP contribution in [-0.2, 0) is 14.3 Å².